The summed E-state index contributed by atoms with van der Waals surface area (Å²) in [6.07, 6.45) is 2.54. The second-order valence-corrected chi connectivity index (χ2v) is 8.59. The summed E-state index contributed by atoms with van der Waals surface area (Å²) in [5.74, 6) is 0.242. The lowest BCUT2D eigenvalue weighted by Crippen LogP contribution is -2.24. The minimum Gasteiger partial charge on any atom is -0.383 e. The zero-order chi connectivity index (χ0) is 23.8. The second-order valence-electron chi connectivity index (χ2n) is 8.59. The van der Waals surface area contributed by atoms with Crippen molar-refractivity contribution in [3.05, 3.63) is 72.6 Å². The third-order valence-electron chi connectivity index (χ3n) is 6.24. The number of carbonyl (C=O) groups is 1. The number of benzene rings is 2. The van der Waals surface area contributed by atoms with E-state index in [2.05, 4.69) is 57.0 Å². The molecule has 8 nitrogen and oxygen atoms in total. The van der Waals surface area contributed by atoms with Crippen molar-refractivity contribution >= 4 is 28.4 Å². The largest absolute Gasteiger partial charge is 0.383 e. The molecule has 34 heavy (non-hydrogen) atoms. The Hall–Kier alpha value is -4.01. The monoisotopic (exact) mass is 453 g/mol. The number of nitrogens with two attached hydrogens (primary N) is 1. The van der Waals surface area contributed by atoms with Gasteiger partial charge in [-0.2, -0.15) is 0 Å². The molecule has 1 aliphatic rings. The van der Waals surface area contributed by atoms with E-state index in [4.69, 9.17) is 5.73 Å². The lowest BCUT2D eigenvalue weighted by atomic mass is 9.96. The summed E-state index contributed by atoms with van der Waals surface area (Å²) in [6, 6.07) is 16.6. The Morgan fingerprint density at radius 1 is 1.12 bits per heavy atom. The number of amides is 1. The first-order valence-corrected chi connectivity index (χ1v) is 11.2. The van der Waals surface area contributed by atoms with Crippen LogP contribution in [0.15, 0.2) is 67.0 Å². The van der Waals surface area contributed by atoms with Crippen LogP contribution in [0.4, 0.5) is 11.5 Å². The maximum Gasteiger partial charge on any atom is 0.250 e. The van der Waals surface area contributed by atoms with E-state index in [9.17, 15) is 4.79 Å². The van der Waals surface area contributed by atoms with Gasteiger partial charge in [0.1, 0.15) is 17.8 Å². The number of carbonyl (C=O) groups excluding carboxylic acids is 1. The topological polar surface area (TPSA) is 110 Å². The highest BCUT2D eigenvalue weighted by atomic mass is 16.1. The highest BCUT2D eigenvalue weighted by Crippen LogP contribution is 2.42. The van der Waals surface area contributed by atoms with Gasteiger partial charge in [0, 0.05) is 36.5 Å². The average Bonchev–Trinajstić information content (AvgIpc) is 3.47. The predicted octanol–water partition coefficient (Wildman–Crippen LogP) is 3.94. The SMILES string of the molecule is C=C(C)C(=O)Nc1ccc(-c2c(-c3ccc(C4CCNN4)cc3)c3c(N)ncnc3n2C)cc1. The zero-order valence-electron chi connectivity index (χ0n) is 19.2. The van der Waals surface area contributed by atoms with Gasteiger partial charge >= 0.3 is 0 Å². The molecule has 2 aromatic carbocycles. The van der Waals surface area contributed by atoms with E-state index in [1.165, 1.54) is 11.9 Å². The molecule has 2 aromatic heterocycles. The van der Waals surface area contributed by atoms with Crippen molar-refractivity contribution in [3.8, 4) is 22.4 Å². The van der Waals surface area contributed by atoms with Gasteiger partial charge in [-0.15, -0.1) is 0 Å². The van der Waals surface area contributed by atoms with Crippen LogP contribution in [0.1, 0.15) is 24.9 Å². The standard InChI is InChI=1S/C26H27N7O/c1-15(2)26(34)31-19-10-8-18(9-11-19)23-21(22-24(27)28-14-29-25(22)33(23)3)17-6-4-16(5-7-17)20-12-13-30-32-20/h4-11,14,20,30,32H,1,12-13H2,2-3H3,(H,31,34)(H2,27,28,29). The number of hydrogen-bond acceptors (Lipinski definition) is 6. The number of fused-ring (bicyclic) bond motifs is 1. The zero-order valence-corrected chi connectivity index (χ0v) is 19.2. The quantitative estimate of drug-likeness (QED) is 0.341. The molecule has 1 unspecified atom stereocenters. The van der Waals surface area contributed by atoms with Gasteiger partial charge in [-0.05, 0) is 42.2 Å². The first kappa shape index (κ1) is 21.8. The van der Waals surface area contributed by atoms with Gasteiger partial charge in [0.05, 0.1) is 11.1 Å². The van der Waals surface area contributed by atoms with Crippen LogP contribution in [0.3, 0.4) is 0 Å². The lowest BCUT2D eigenvalue weighted by Gasteiger charge is -2.13. The molecule has 1 amide bonds. The van der Waals surface area contributed by atoms with E-state index < -0.39 is 0 Å². The third kappa shape index (κ3) is 3.83. The number of nitrogen functional groups attached to an aromatic ring is 1. The van der Waals surface area contributed by atoms with Gasteiger partial charge in [0.15, 0.2) is 0 Å². The van der Waals surface area contributed by atoms with Gasteiger partial charge in [-0.25, -0.2) is 9.97 Å². The van der Waals surface area contributed by atoms with Gasteiger partial charge in [-0.3, -0.25) is 15.6 Å². The van der Waals surface area contributed by atoms with E-state index in [0.717, 1.165) is 46.4 Å². The molecule has 0 bridgehead atoms. The molecule has 3 heterocycles. The number of rotatable bonds is 5. The number of aryl methyl sites for hydroxylation is 1. The molecule has 0 spiro atoms. The molecule has 8 heteroatoms. The molecule has 5 N–H and O–H groups in total. The van der Waals surface area contributed by atoms with Crippen LogP contribution in [0.25, 0.3) is 33.4 Å². The minimum atomic E-state index is -0.201. The minimum absolute atomic E-state index is 0.201. The third-order valence-corrected chi connectivity index (χ3v) is 6.24. The normalized spacial score (nSPS) is 15.5. The van der Waals surface area contributed by atoms with Crippen molar-refractivity contribution in [2.75, 3.05) is 17.6 Å². The second kappa shape index (κ2) is 8.74. The average molecular weight is 454 g/mol. The van der Waals surface area contributed by atoms with Crippen LogP contribution < -0.4 is 21.9 Å². The van der Waals surface area contributed by atoms with Crippen molar-refractivity contribution in [2.45, 2.75) is 19.4 Å². The summed E-state index contributed by atoms with van der Waals surface area (Å²) >= 11 is 0. The Morgan fingerprint density at radius 2 is 1.82 bits per heavy atom. The molecule has 1 saturated heterocycles. The molecule has 1 fully saturated rings. The summed E-state index contributed by atoms with van der Waals surface area (Å²) in [6.45, 7) is 6.33. The fourth-order valence-electron chi connectivity index (χ4n) is 4.46. The number of aromatic nitrogens is 3. The van der Waals surface area contributed by atoms with E-state index in [1.54, 1.807) is 6.92 Å². The molecule has 172 valence electrons. The highest BCUT2D eigenvalue weighted by molar-refractivity contribution is 6.08. The van der Waals surface area contributed by atoms with Crippen molar-refractivity contribution in [2.24, 2.45) is 7.05 Å². The predicted molar refractivity (Wildman–Crippen MR) is 136 cm³/mol. The molecule has 1 aliphatic heterocycles. The molecule has 4 aromatic rings. The van der Waals surface area contributed by atoms with Gasteiger partial charge in [0.2, 0.25) is 0 Å². The van der Waals surface area contributed by atoms with E-state index >= 15 is 0 Å². The molecular formula is C26H27N7O. The fraction of sp³-hybridized carbons (Fsp3) is 0.192. The van der Waals surface area contributed by atoms with Gasteiger partial charge in [-0.1, -0.05) is 43.0 Å². The number of anilines is 2. The Morgan fingerprint density at radius 3 is 2.47 bits per heavy atom. The van der Waals surface area contributed by atoms with E-state index in [0.29, 0.717) is 23.1 Å². The summed E-state index contributed by atoms with van der Waals surface area (Å²) in [4.78, 5) is 20.8. The van der Waals surface area contributed by atoms with Crippen molar-refractivity contribution in [1.29, 1.82) is 0 Å². The Balaban J connectivity index is 1.62. The molecule has 0 aliphatic carbocycles. The molecule has 0 radical (unpaired) electrons. The van der Waals surface area contributed by atoms with Crippen LogP contribution in [-0.2, 0) is 11.8 Å². The summed E-state index contributed by atoms with van der Waals surface area (Å²) < 4.78 is 2.04. The van der Waals surface area contributed by atoms with Crippen LogP contribution in [0.2, 0.25) is 0 Å². The summed E-state index contributed by atoms with van der Waals surface area (Å²) in [5.41, 5.74) is 20.0. The fourth-order valence-corrected chi connectivity index (χ4v) is 4.46. The van der Waals surface area contributed by atoms with Crippen LogP contribution in [0, 0.1) is 0 Å². The smallest absolute Gasteiger partial charge is 0.250 e. The van der Waals surface area contributed by atoms with Crippen LogP contribution in [0.5, 0.6) is 0 Å². The van der Waals surface area contributed by atoms with Crippen LogP contribution in [-0.4, -0.2) is 27.0 Å². The Kier molecular flexibility index (Phi) is 5.61. The number of nitrogens with one attached hydrogen (secondary N) is 3. The number of hydrazine groups is 1. The summed E-state index contributed by atoms with van der Waals surface area (Å²) in [7, 11) is 1.98. The molecular weight excluding hydrogens is 426 g/mol. The number of hydrogen-bond donors (Lipinski definition) is 4. The lowest BCUT2D eigenvalue weighted by molar-refractivity contribution is -0.112. The Bertz CT molecular complexity index is 1380. The van der Waals surface area contributed by atoms with E-state index in [1.807, 2.05) is 35.9 Å². The van der Waals surface area contributed by atoms with E-state index in [-0.39, 0.29) is 5.91 Å². The molecule has 1 atom stereocenters. The van der Waals surface area contributed by atoms with Crippen molar-refractivity contribution in [3.63, 3.8) is 0 Å². The van der Waals surface area contributed by atoms with Crippen LogP contribution >= 0.6 is 0 Å². The highest BCUT2D eigenvalue weighted by Gasteiger charge is 2.22. The first-order chi connectivity index (χ1) is 16.4. The van der Waals surface area contributed by atoms with Gasteiger partial charge < -0.3 is 15.6 Å². The first-order valence-electron chi connectivity index (χ1n) is 11.2. The molecule has 5 rings (SSSR count). The van der Waals surface area contributed by atoms with Gasteiger partial charge in [0.25, 0.3) is 5.91 Å². The maximum absolute atomic E-state index is 12.0. The van der Waals surface area contributed by atoms with Crippen molar-refractivity contribution in [1.82, 2.24) is 25.4 Å². The summed E-state index contributed by atoms with van der Waals surface area (Å²) in [5, 5.41) is 3.68. The number of nitrogens with zero attached hydrogens (tertiary/aromatic N) is 3. The Labute approximate surface area is 197 Å². The van der Waals surface area contributed by atoms with Crippen molar-refractivity contribution < 1.29 is 4.79 Å². The molecule has 0 saturated carbocycles. The maximum atomic E-state index is 12.0.